The standard InChI is InChI=1S/C41H59NO14/c1-19(2)16-23(42-36(51)37(5,6)7)27(45)35(50)54-29-20(3)26-28(46)31(47)39(10)24(44)17-25-40(18-53-25,56-21(4)43)30(39)33(41(52,32(29)48)38(26,8)9)55-34(49)22-14-12-11-13-15-22/h11-15,19,23-25,27-33,44-48,52H,16-18H2,1-10H3,(H,42,51)/t23-,24-,25+,27+,28+,29+,30?,31+,32-,33-,39+,40-,41+/m0/s1. The number of benzene rings is 1. The lowest BCUT2D eigenvalue weighted by Gasteiger charge is -2.69. The van der Waals surface area contributed by atoms with Gasteiger partial charge >= 0.3 is 17.9 Å². The van der Waals surface area contributed by atoms with Crippen molar-refractivity contribution in [3.05, 3.63) is 47.0 Å². The predicted molar refractivity (Wildman–Crippen MR) is 198 cm³/mol. The number of amides is 1. The van der Waals surface area contributed by atoms with Crippen LogP contribution in [0.1, 0.15) is 92.4 Å². The molecule has 1 aromatic carbocycles. The zero-order valence-electron chi connectivity index (χ0n) is 33.8. The molecule has 7 N–H and O–H groups in total. The maximum Gasteiger partial charge on any atom is 0.338 e. The van der Waals surface area contributed by atoms with Crippen molar-refractivity contribution < 1.29 is 68.8 Å². The number of nitrogens with one attached hydrogen (secondary N) is 1. The van der Waals surface area contributed by atoms with E-state index in [2.05, 4.69) is 5.32 Å². The first kappa shape index (κ1) is 43.7. The number of carbonyl (C=O) groups is 4. The molecule has 56 heavy (non-hydrogen) atoms. The SMILES string of the molecule is CC(=O)O[C@@]12CO[C@@H]1C[C@H](O)[C@]1(C)C2[C@H](OC(=O)c2ccccc2)[C@]2(O)[C@@H](O)[C@H](OC(=O)[C@H](O)[C@H](CC(C)C)NC(=O)C(C)(C)C)C(C)=C([C@@H](O)[C@H]1O)C2(C)C. The zero-order chi connectivity index (χ0) is 42.1. The summed E-state index contributed by atoms with van der Waals surface area (Å²) < 4.78 is 23.9. The molecule has 2 saturated carbocycles. The van der Waals surface area contributed by atoms with Gasteiger partial charge in [-0.15, -0.1) is 0 Å². The third-order valence-corrected chi connectivity index (χ3v) is 12.8. The monoisotopic (exact) mass is 789 g/mol. The van der Waals surface area contributed by atoms with Gasteiger partial charge in [-0.1, -0.05) is 73.6 Å². The lowest BCUT2D eigenvalue weighted by molar-refractivity contribution is -0.370. The van der Waals surface area contributed by atoms with Crippen LogP contribution in [0, 0.1) is 28.1 Å². The second-order valence-electron chi connectivity index (χ2n) is 18.3. The van der Waals surface area contributed by atoms with E-state index in [9.17, 15) is 49.8 Å². The highest BCUT2D eigenvalue weighted by Gasteiger charge is 2.79. The highest BCUT2D eigenvalue weighted by atomic mass is 16.6. The molecule has 15 nitrogen and oxygen atoms in total. The molecular weight excluding hydrogens is 730 g/mol. The van der Waals surface area contributed by atoms with E-state index in [0.717, 1.165) is 6.92 Å². The second-order valence-corrected chi connectivity index (χ2v) is 18.3. The normalized spacial score (nSPS) is 37.4. The van der Waals surface area contributed by atoms with Crippen LogP contribution in [0.25, 0.3) is 0 Å². The molecule has 5 rings (SSSR count). The second kappa shape index (κ2) is 15.1. The average Bonchev–Trinajstić information content (AvgIpc) is 3.10. The number of rotatable bonds is 9. The molecule has 0 radical (unpaired) electrons. The van der Waals surface area contributed by atoms with E-state index in [1.54, 1.807) is 39.0 Å². The summed E-state index contributed by atoms with van der Waals surface area (Å²) >= 11 is 0. The van der Waals surface area contributed by atoms with Crippen molar-refractivity contribution in [3.63, 3.8) is 0 Å². The van der Waals surface area contributed by atoms with Crippen LogP contribution < -0.4 is 5.32 Å². The first-order valence-corrected chi connectivity index (χ1v) is 19.2. The molecule has 0 aromatic heterocycles. The Morgan fingerprint density at radius 2 is 1.59 bits per heavy atom. The molecule has 4 aliphatic rings. The van der Waals surface area contributed by atoms with Gasteiger partial charge in [0.2, 0.25) is 5.91 Å². The molecule has 1 amide bonds. The number of carbonyl (C=O) groups excluding carboxylic acids is 4. The van der Waals surface area contributed by atoms with Crippen molar-refractivity contribution in [2.24, 2.45) is 28.1 Å². The lowest BCUT2D eigenvalue weighted by atomic mass is 9.44. The molecule has 312 valence electrons. The van der Waals surface area contributed by atoms with Crippen LogP contribution in [-0.2, 0) is 33.3 Å². The van der Waals surface area contributed by atoms with E-state index >= 15 is 0 Å². The number of aliphatic hydroxyl groups is 6. The van der Waals surface area contributed by atoms with Gasteiger partial charge < -0.3 is 54.9 Å². The van der Waals surface area contributed by atoms with Crippen LogP contribution in [0.2, 0.25) is 0 Å². The number of aliphatic hydroxyl groups excluding tert-OH is 5. The van der Waals surface area contributed by atoms with E-state index in [-0.39, 0.29) is 42.1 Å². The molecule has 2 bridgehead atoms. The van der Waals surface area contributed by atoms with E-state index in [1.165, 1.54) is 39.8 Å². The summed E-state index contributed by atoms with van der Waals surface area (Å²) in [7, 11) is 0. The van der Waals surface area contributed by atoms with Gasteiger partial charge in [0, 0.05) is 29.6 Å². The Morgan fingerprint density at radius 3 is 2.11 bits per heavy atom. The van der Waals surface area contributed by atoms with Gasteiger partial charge in [0.15, 0.2) is 17.8 Å². The highest BCUT2D eigenvalue weighted by molar-refractivity contribution is 5.89. The zero-order valence-corrected chi connectivity index (χ0v) is 33.8. The summed E-state index contributed by atoms with van der Waals surface area (Å²) in [5, 5.41) is 76.5. The highest BCUT2D eigenvalue weighted by Crippen LogP contribution is 2.65. The molecule has 1 heterocycles. The van der Waals surface area contributed by atoms with Crippen molar-refractivity contribution in [3.8, 4) is 0 Å². The van der Waals surface area contributed by atoms with E-state index in [4.69, 9.17) is 18.9 Å². The number of hydrogen-bond acceptors (Lipinski definition) is 14. The summed E-state index contributed by atoms with van der Waals surface area (Å²) in [5.74, 6) is -5.15. The third kappa shape index (κ3) is 6.86. The van der Waals surface area contributed by atoms with Gasteiger partial charge in [-0.25, -0.2) is 9.59 Å². The maximum atomic E-state index is 14.1. The minimum atomic E-state index is -2.75. The summed E-state index contributed by atoms with van der Waals surface area (Å²) in [5.41, 5.74) is -9.17. The van der Waals surface area contributed by atoms with Gasteiger partial charge in [0.1, 0.15) is 30.0 Å². The van der Waals surface area contributed by atoms with Crippen LogP contribution in [0.3, 0.4) is 0 Å². The van der Waals surface area contributed by atoms with Crippen molar-refractivity contribution in [1.82, 2.24) is 5.32 Å². The Bertz CT molecular complexity index is 1720. The Labute approximate surface area is 327 Å². The van der Waals surface area contributed by atoms with Gasteiger partial charge in [0.25, 0.3) is 0 Å². The summed E-state index contributed by atoms with van der Waals surface area (Å²) in [6.07, 6.45) is -14.3. The molecule has 3 aliphatic carbocycles. The first-order valence-electron chi connectivity index (χ1n) is 19.2. The Balaban J connectivity index is 1.72. The number of hydrogen-bond donors (Lipinski definition) is 7. The topological polar surface area (TPSA) is 239 Å². The molecule has 1 aliphatic heterocycles. The van der Waals surface area contributed by atoms with Crippen LogP contribution in [0.15, 0.2) is 41.5 Å². The number of fused-ring (bicyclic) bond motifs is 5. The largest absolute Gasteiger partial charge is 0.455 e. The molecule has 1 aromatic rings. The minimum Gasteiger partial charge on any atom is -0.455 e. The van der Waals surface area contributed by atoms with Gasteiger partial charge in [-0.2, -0.15) is 0 Å². The third-order valence-electron chi connectivity index (χ3n) is 12.8. The summed E-state index contributed by atoms with van der Waals surface area (Å²) in [6.45, 7) is 15.2. The fourth-order valence-electron chi connectivity index (χ4n) is 9.67. The van der Waals surface area contributed by atoms with Crippen LogP contribution in [-0.4, -0.2) is 127 Å². The van der Waals surface area contributed by atoms with Gasteiger partial charge in [0.05, 0.1) is 36.3 Å². The van der Waals surface area contributed by atoms with Crippen molar-refractivity contribution in [2.75, 3.05) is 6.61 Å². The fourth-order valence-corrected chi connectivity index (χ4v) is 9.67. The summed E-state index contributed by atoms with van der Waals surface area (Å²) in [4.78, 5) is 53.9. The Morgan fingerprint density at radius 1 is 0.982 bits per heavy atom. The van der Waals surface area contributed by atoms with E-state index < -0.39 is 112 Å². The van der Waals surface area contributed by atoms with Crippen molar-refractivity contribution >= 4 is 23.8 Å². The van der Waals surface area contributed by atoms with E-state index in [0.29, 0.717) is 0 Å². The molecule has 3 fully saturated rings. The fraction of sp³-hybridized carbons (Fsp3) is 0.707. The number of esters is 3. The quantitative estimate of drug-likeness (QED) is 0.106. The molecule has 15 heteroatoms. The average molecular weight is 790 g/mol. The molecular formula is C41H59NO14. The molecule has 1 saturated heterocycles. The van der Waals surface area contributed by atoms with Gasteiger partial charge in [-0.3, -0.25) is 9.59 Å². The smallest absolute Gasteiger partial charge is 0.338 e. The first-order chi connectivity index (χ1) is 25.8. The van der Waals surface area contributed by atoms with Gasteiger partial charge in [-0.05, 0) is 42.5 Å². The Hall–Kier alpha value is -3.44. The Kier molecular flexibility index (Phi) is 11.7. The van der Waals surface area contributed by atoms with Crippen LogP contribution in [0.4, 0.5) is 0 Å². The molecule has 1 unspecified atom stereocenters. The molecule has 0 spiro atoms. The van der Waals surface area contributed by atoms with Crippen molar-refractivity contribution in [2.45, 2.75) is 148 Å². The van der Waals surface area contributed by atoms with E-state index in [1.807, 2.05) is 13.8 Å². The lowest BCUT2D eigenvalue weighted by Crippen LogP contribution is -2.84. The van der Waals surface area contributed by atoms with Crippen LogP contribution in [0.5, 0.6) is 0 Å². The van der Waals surface area contributed by atoms with Crippen molar-refractivity contribution in [1.29, 1.82) is 0 Å². The summed E-state index contributed by atoms with van der Waals surface area (Å²) in [6, 6.07) is 6.61. The van der Waals surface area contributed by atoms with Crippen LogP contribution >= 0.6 is 0 Å². The molecule has 13 atom stereocenters. The minimum absolute atomic E-state index is 0.0125. The predicted octanol–water partition coefficient (Wildman–Crippen LogP) is 1.33. The maximum absolute atomic E-state index is 14.1. The number of ether oxygens (including phenoxy) is 4.